The lowest BCUT2D eigenvalue weighted by molar-refractivity contribution is 0.0527. The second kappa shape index (κ2) is 8.50. The Labute approximate surface area is 183 Å². The van der Waals surface area contributed by atoms with Gasteiger partial charge in [-0.25, -0.2) is 9.59 Å². The number of para-hydroxylation sites is 1. The molecule has 4 aromatic rings. The van der Waals surface area contributed by atoms with Gasteiger partial charge in [-0.1, -0.05) is 29.4 Å². The van der Waals surface area contributed by atoms with E-state index in [4.69, 9.17) is 9.26 Å². The molecule has 162 valence electrons. The summed E-state index contributed by atoms with van der Waals surface area (Å²) in [4.78, 5) is 28.7. The van der Waals surface area contributed by atoms with Crippen molar-refractivity contribution >= 4 is 34.2 Å². The van der Waals surface area contributed by atoms with Gasteiger partial charge in [0.05, 0.1) is 34.8 Å². The fourth-order valence-electron chi connectivity index (χ4n) is 3.65. The first-order valence-electron chi connectivity index (χ1n) is 10.0. The van der Waals surface area contributed by atoms with Gasteiger partial charge in [0.2, 0.25) is 0 Å². The zero-order valence-electron chi connectivity index (χ0n) is 17.8. The van der Waals surface area contributed by atoms with E-state index in [0.717, 1.165) is 16.8 Å². The fourth-order valence-corrected chi connectivity index (χ4v) is 3.65. The molecule has 0 bridgehead atoms. The molecule has 8 heteroatoms. The number of hydrogen-bond donors (Lipinski definition) is 2. The van der Waals surface area contributed by atoms with E-state index < -0.39 is 11.9 Å². The minimum absolute atomic E-state index is 0.0127. The third kappa shape index (κ3) is 3.78. The highest BCUT2D eigenvalue weighted by Gasteiger charge is 2.20. The van der Waals surface area contributed by atoms with Crippen LogP contribution >= 0.6 is 0 Å². The van der Waals surface area contributed by atoms with Crippen molar-refractivity contribution in [3.63, 3.8) is 0 Å². The summed E-state index contributed by atoms with van der Waals surface area (Å²) in [7, 11) is 0. The van der Waals surface area contributed by atoms with Crippen LogP contribution in [0.2, 0.25) is 0 Å². The molecule has 2 N–H and O–H groups in total. The molecule has 8 nitrogen and oxygen atoms in total. The highest BCUT2D eigenvalue weighted by Crippen LogP contribution is 2.34. The van der Waals surface area contributed by atoms with E-state index >= 15 is 0 Å². The molecule has 0 amide bonds. The summed E-state index contributed by atoms with van der Waals surface area (Å²) in [5.41, 5.74) is 4.15. The largest absolute Gasteiger partial charge is 0.478 e. The van der Waals surface area contributed by atoms with Gasteiger partial charge in [-0.05, 0) is 44.5 Å². The molecule has 0 aliphatic carbocycles. The summed E-state index contributed by atoms with van der Waals surface area (Å²) in [6.07, 6.45) is 1.30. The van der Waals surface area contributed by atoms with Crippen molar-refractivity contribution < 1.29 is 24.0 Å². The van der Waals surface area contributed by atoms with Crippen molar-refractivity contribution in [3.05, 3.63) is 71.2 Å². The van der Waals surface area contributed by atoms with E-state index in [2.05, 4.69) is 15.5 Å². The second-order valence-corrected chi connectivity index (χ2v) is 7.17. The number of esters is 1. The molecule has 2 aromatic heterocycles. The molecule has 0 spiro atoms. The minimum atomic E-state index is -1.13. The Morgan fingerprint density at radius 2 is 1.91 bits per heavy atom. The quantitative estimate of drug-likeness (QED) is 0.404. The van der Waals surface area contributed by atoms with Gasteiger partial charge in [0.15, 0.2) is 0 Å². The van der Waals surface area contributed by atoms with Gasteiger partial charge >= 0.3 is 11.9 Å². The van der Waals surface area contributed by atoms with Gasteiger partial charge in [0.1, 0.15) is 11.3 Å². The van der Waals surface area contributed by atoms with E-state index in [1.54, 1.807) is 37.3 Å². The van der Waals surface area contributed by atoms with E-state index in [9.17, 15) is 14.7 Å². The van der Waals surface area contributed by atoms with E-state index in [-0.39, 0.29) is 12.2 Å². The van der Waals surface area contributed by atoms with Crippen LogP contribution in [-0.4, -0.2) is 33.8 Å². The first-order chi connectivity index (χ1) is 15.4. The summed E-state index contributed by atoms with van der Waals surface area (Å²) >= 11 is 0. The molecule has 0 aliphatic rings. The van der Waals surface area contributed by atoms with Gasteiger partial charge in [0, 0.05) is 17.1 Å². The Morgan fingerprint density at radius 1 is 1.12 bits per heavy atom. The number of ether oxygens (including phenoxy) is 1. The Bertz CT molecular complexity index is 1320. The van der Waals surface area contributed by atoms with Crippen molar-refractivity contribution in [1.82, 2.24) is 10.1 Å². The fraction of sp³-hybridized carbons (Fsp3) is 0.167. The molecule has 0 aliphatic heterocycles. The first-order valence-corrected chi connectivity index (χ1v) is 10.0. The standard InChI is InChI=1S/C24H21N3O5/c1-4-31-24(30)17-7-5-6-8-19(17)26-22-16-10-9-15(21-13(2)27-32-14(21)3)11-20(16)25-12-18(22)23(28)29/h5-12H,4H2,1-3H3,(H,25,26)(H,28,29). The lowest BCUT2D eigenvalue weighted by Crippen LogP contribution is -2.10. The summed E-state index contributed by atoms with van der Waals surface area (Å²) in [6.45, 7) is 5.65. The van der Waals surface area contributed by atoms with Crippen LogP contribution in [0.5, 0.6) is 0 Å². The van der Waals surface area contributed by atoms with Gasteiger partial charge in [0.25, 0.3) is 0 Å². The molecule has 0 saturated heterocycles. The molecule has 0 fully saturated rings. The number of nitrogens with zero attached hydrogens (tertiary/aromatic N) is 2. The lowest BCUT2D eigenvalue weighted by atomic mass is 10.0. The van der Waals surface area contributed by atoms with E-state index in [1.165, 1.54) is 6.20 Å². The van der Waals surface area contributed by atoms with Crippen LogP contribution in [0.3, 0.4) is 0 Å². The molecule has 0 atom stereocenters. The van der Waals surface area contributed by atoms with Crippen molar-refractivity contribution in [1.29, 1.82) is 0 Å². The van der Waals surface area contributed by atoms with Crippen LogP contribution in [0, 0.1) is 13.8 Å². The number of carboxylic acid groups (broad SMARTS) is 1. The average Bonchev–Trinajstić information content (AvgIpc) is 3.11. The molecule has 2 heterocycles. The van der Waals surface area contributed by atoms with Crippen LogP contribution < -0.4 is 5.32 Å². The molecular weight excluding hydrogens is 410 g/mol. The monoisotopic (exact) mass is 431 g/mol. The number of carboxylic acids is 1. The van der Waals surface area contributed by atoms with Crippen molar-refractivity contribution in [2.45, 2.75) is 20.8 Å². The third-order valence-corrected chi connectivity index (χ3v) is 5.10. The second-order valence-electron chi connectivity index (χ2n) is 7.17. The molecule has 0 unspecified atom stereocenters. The van der Waals surface area contributed by atoms with Crippen molar-refractivity contribution in [2.24, 2.45) is 0 Å². The van der Waals surface area contributed by atoms with Gasteiger partial charge < -0.3 is 19.7 Å². The van der Waals surface area contributed by atoms with Gasteiger partial charge in [-0.3, -0.25) is 4.98 Å². The smallest absolute Gasteiger partial charge is 0.340 e. The SMILES string of the molecule is CCOC(=O)c1ccccc1Nc1c(C(=O)O)cnc2cc(-c3c(C)noc3C)ccc12. The summed E-state index contributed by atoms with van der Waals surface area (Å²) < 4.78 is 10.4. The number of fused-ring (bicyclic) bond motifs is 1. The van der Waals surface area contributed by atoms with Gasteiger partial charge in [-0.15, -0.1) is 0 Å². The Balaban J connectivity index is 1.86. The summed E-state index contributed by atoms with van der Waals surface area (Å²) in [6, 6.07) is 12.3. The third-order valence-electron chi connectivity index (χ3n) is 5.10. The Hall–Kier alpha value is -4.20. The molecule has 0 radical (unpaired) electrons. The maximum Gasteiger partial charge on any atom is 0.340 e. The van der Waals surface area contributed by atoms with Crippen LogP contribution in [0.25, 0.3) is 22.0 Å². The van der Waals surface area contributed by atoms with Crippen molar-refractivity contribution in [3.8, 4) is 11.1 Å². The van der Waals surface area contributed by atoms with Crippen LogP contribution in [-0.2, 0) is 4.74 Å². The number of benzene rings is 2. The number of rotatable bonds is 6. The highest BCUT2D eigenvalue weighted by molar-refractivity contribution is 6.07. The van der Waals surface area contributed by atoms with Crippen LogP contribution in [0.4, 0.5) is 11.4 Å². The number of nitrogens with one attached hydrogen (secondary N) is 1. The highest BCUT2D eigenvalue weighted by atomic mass is 16.5. The zero-order valence-corrected chi connectivity index (χ0v) is 17.8. The lowest BCUT2D eigenvalue weighted by Gasteiger charge is -2.15. The predicted molar refractivity (Wildman–Crippen MR) is 119 cm³/mol. The van der Waals surface area contributed by atoms with Crippen LogP contribution in [0.1, 0.15) is 39.1 Å². The number of hydrogen-bond acceptors (Lipinski definition) is 7. The number of pyridine rings is 1. The Morgan fingerprint density at radius 3 is 2.59 bits per heavy atom. The number of aryl methyl sites for hydroxylation is 2. The molecular formula is C24H21N3O5. The summed E-state index contributed by atoms with van der Waals surface area (Å²) in [5.74, 6) is -0.942. The van der Waals surface area contributed by atoms with Gasteiger partial charge in [-0.2, -0.15) is 0 Å². The molecule has 4 rings (SSSR count). The Kier molecular flexibility index (Phi) is 5.59. The number of carbonyl (C=O) groups excluding carboxylic acids is 1. The number of anilines is 2. The van der Waals surface area contributed by atoms with E-state index in [0.29, 0.717) is 33.6 Å². The number of aromatic nitrogens is 2. The number of aromatic carboxylic acids is 1. The maximum atomic E-state index is 12.4. The van der Waals surface area contributed by atoms with Crippen molar-refractivity contribution in [2.75, 3.05) is 11.9 Å². The minimum Gasteiger partial charge on any atom is -0.478 e. The maximum absolute atomic E-state index is 12.4. The molecule has 32 heavy (non-hydrogen) atoms. The topological polar surface area (TPSA) is 115 Å². The normalized spacial score (nSPS) is 10.8. The number of carbonyl (C=O) groups is 2. The predicted octanol–water partition coefficient (Wildman–Crippen LogP) is 5.13. The molecule has 2 aromatic carbocycles. The zero-order chi connectivity index (χ0) is 22.8. The van der Waals surface area contributed by atoms with Crippen LogP contribution in [0.15, 0.2) is 53.2 Å². The van der Waals surface area contributed by atoms with E-state index in [1.807, 2.05) is 26.0 Å². The average molecular weight is 431 g/mol. The molecule has 0 saturated carbocycles. The summed E-state index contributed by atoms with van der Waals surface area (Å²) in [5, 5.41) is 17.5. The first kappa shape index (κ1) is 21.0.